The van der Waals surface area contributed by atoms with Gasteiger partial charge in [-0.15, -0.1) is 0 Å². The van der Waals surface area contributed by atoms with Gasteiger partial charge in [-0.3, -0.25) is 4.98 Å². The van der Waals surface area contributed by atoms with Gasteiger partial charge in [0.2, 0.25) is 0 Å². The van der Waals surface area contributed by atoms with Crippen LogP contribution in [0, 0.1) is 13.8 Å². The highest BCUT2D eigenvalue weighted by atomic mass is 79.9. The molecule has 18 heavy (non-hydrogen) atoms. The predicted octanol–water partition coefficient (Wildman–Crippen LogP) is 3.70. The maximum Gasteiger partial charge on any atom is 0.0423 e. The molecule has 0 aliphatic carbocycles. The molecule has 1 heterocycles. The Hall–Kier alpha value is -1.19. The van der Waals surface area contributed by atoms with Gasteiger partial charge < -0.3 is 5.73 Å². The van der Waals surface area contributed by atoms with Crippen LogP contribution in [0.5, 0.6) is 0 Å². The van der Waals surface area contributed by atoms with Crippen molar-refractivity contribution in [2.45, 2.75) is 26.3 Å². The summed E-state index contributed by atoms with van der Waals surface area (Å²) < 4.78 is 1.09. The van der Waals surface area contributed by atoms with Gasteiger partial charge in [-0.25, -0.2) is 0 Å². The number of hydrogen-bond acceptors (Lipinski definition) is 2. The first-order valence-electron chi connectivity index (χ1n) is 6.00. The third kappa shape index (κ3) is 3.18. The smallest absolute Gasteiger partial charge is 0.0423 e. The molecule has 0 fully saturated rings. The molecular formula is C15H17BrN2. The Kier molecular flexibility index (Phi) is 4.15. The van der Waals surface area contributed by atoms with Gasteiger partial charge in [0.25, 0.3) is 0 Å². The molecule has 0 bridgehead atoms. The third-order valence-electron chi connectivity index (χ3n) is 3.03. The molecule has 0 saturated carbocycles. The molecule has 1 unspecified atom stereocenters. The quantitative estimate of drug-likeness (QED) is 0.939. The Bertz CT molecular complexity index is 535. The topological polar surface area (TPSA) is 38.9 Å². The van der Waals surface area contributed by atoms with E-state index in [0.717, 1.165) is 27.8 Å². The van der Waals surface area contributed by atoms with Crippen molar-refractivity contribution in [2.75, 3.05) is 0 Å². The van der Waals surface area contributed by atoms with Crippen molar-refractivity contribution >= 4 is 15.9 Å². The van der Waals surface area contributed by atoms with Crippen LogP contribution in [0.4, 0.5) is 0 Å². The number of hydrogen-bond donors (Lipinski definition) is 1. The molecule has 3 heteroatoms. The van der Waals surface area contributed by atoms with Crippen molar-refractivity contribution in [1.29, 1.82) is 0 Å². The maximum atomic E-state index is 6.26. The normalized spacial score (nSPS) is 12.4. The lowest BCUT2D eigenvalue weighted by atomic mass is 9.98. The third-order valence-corrected chi connectivity index (χ3v) is 3.56. The first kappa shape index (κ1) is 13.2. The first-order chi connectivity index (χ1) is 8.56. The number of aromatic nitrogens is 1. The summed E-state index contributed by atoms with van der Waals surface area (Å²) in [5.41, 5.74) is 10.7. The molecule has 1 aromatic carbocycles. The van der Waals surface area contributed by atoms with Crippen LogP contribution in [0.2, 0.25) is 0 Å². The van der Waals surface area contributed by atoms with Crippen molar-refractivity contribution in [3.05, 3.63) is 63.4 Å². The SMILES string of the molecule is Cc1ccc(C(N)Cc2ccc(Br)cc2)c(C)n1. The van der Waals surface area contributed by atoms with Crippen LogP contribution in [0.25, 0.3) is 0 Å². The van der Waals surface area contributed by atoms with Crippen molar-refractivity contribution in [3.63, 3.8) is 0 Å². The minimum absolute atomic E-state index is 0.000671. The zero-order chi connectivity index (χ0) is 13.1. The summed E-state index contributed by atoms with van der Waals surface area (Å²) in [6, 6.07) is 12.4. The van der Waals surface area contributed by atoms with E-state index in [1.165, 1.54) is 5.56 Å². The highest BCUT2D eigenvalue weighted by Crippen LogP contribution is 2.20. The fourth-order valence-corrected chi connectivity index (χ4v) is 2.34. The molecule has 0 radical (unpaired) electrons. The largest absolute Gasteiger partial charge is 0.324 e. The fraction of sp³-hybridized carbons (Fsp3) is 0.267. The molecule has 1 aromatic heterocycles. The highest BCUT2D eigenvalue weighted by molar-refractivity contribution is 9.10. The number of aryl methyl sites for hydroxylation is 2. The van der Waals surface area contributed by atoms with Crippen molar-refractivity contribution in [1.82, 2.24) is 4.98 Å². The summed E-state index contributed by atoms with van der Waals surface area (Å²) in [6.45, 7) is 4.01. The van der Waals surface area contributed by atoms with E-state index in [2.05, 4.69) is 39.1 Å². The van der Waals surface area contributed by atoms with Crippen molar-refractivity contribution in [2.24, 2.45) is 5.73 Å². The van der Waals surface area contributed by atoms with Crippen LogP contribution in [-0.2, 0) is 6.42 Å². The molecule has 0 aliphatic heterocycles. The van der Waals surface area contributed by atoms with Crippen molar-refractivity contribution < 1.29 is 0 Å². The van der Waals surface area contributed by atoms with Gasteiger partial charge >= 0.3 is 0 Å². The second-order valence-electron chi connectivity index (χ2n) is 4.56. The number of nitrogens with zero attached hydrogens (tertiary/aromatic N) is 1. The Morgan fingerprint density at radius 3 is 2.39 bits per heavy atom. The summed E-state index contributed by atoms with van der Waals surface area (Å²) in [5, 5.41) is 0. The summed E-state index contributed by atoms with van der Waals surface area (Å²) >= 11 is 3.43. The average molecular weight is 305 g/mol. The minimum Gasteiger partial charge on any atom is -0.324 e. The standard InChI is InChI=1S/C15H17BrN2/c1-10-3-8-14(11(2)18-10)15(17)9-12-4-6-13(16)7-5-12/h3-8,15H,9,17H2,1-2H3. The first-order valence-corrected chi connectivity index (χ1v) is 6.80. The van der Waals surface area contributed by atoms with Gasteiger partial charge in [-0.05, 0) is 49.6 Å². The molecule has 0 aliphatic rings. The number of benzene rings is 1. The minimum atomic E-state index is -0.000671. The van der Waals surface area contributed by atoms with Gasteiger partial charge in [0.05, 0.1) is 0 Å². The van der Waals surface area contributed by atoms with Gasteiger partial charge in [-0.2, -0.15) is 0 Å². The van der Waals surface area contributed by atoms with Crippen LogP contribution < -0.4 is 5.73 Å². The lowest BCUT2D eigenvalue weighted by Crippen LogP contribution is -2.15. The monoisotopic (exact) mass is 304 g/mol. The van der Waals surface area contributed by atoms with Crippen LogP contribution >= 0.6 is 15.9 Å². The van der Waals surface area contributed by atoms with Crippen LogP contribution in [-0.4, -0.2) is 4.98 Å². The maximum absolute atomic E-state index is 6.26. The molecule has 1 atom stereocenters. The molecule has 2 nitrogen and oxygen atoms in total. The van der Waals surface area contributed by atoms with Crippen LogP contribution in [0.3, 0.4) is 0 Å². The van der Waals surface area contributed by atoms with E-state index in [1.54, 1.807) is 0 Å². The number of pyridine rings is 1. The Morgan fingerprint density at radius 2 is 1.78 bits per heavy atom. The average Bonchev–Trinajstić information content (AvgIpc) is 2.32. The summed E-state index contributed by atoms with van der Waals surface area (Å²) in [7, 11) is 0. The Balaban J connectivity index is 2.16. The molecule has 2 aromatic rings. The molecule has 2 N–H and O–H groups in total. The Labute approximate surface area is 116 Å². The molecule has 0 amide bonds. The van der Waals surface area contributed by atoms with E-state index >= 15 is 0 Å². The molecule has 94 valence electrons. The number of halogens is 1. The van der Waals surface area contributed by atoms with Crippen LogP contribution in [0.15, 0.2) is 40.9 Å². The van der Waals surface area contributed by atoms with Gasteiger partial charge in [0.15, 0.2) is 0 Å². The van der Waals surface area contributed by atoms with Crippen LogP contribution in [0.1, 0.15) is 28.6 Å². The molecule has 0 saturated heterocycles. The van der Waals surface area contributed by atoms with E-state index in [1.807, 2.05) is 32.0 Å². The van der Waals surface area contributed by atoms with E-state index in [4.69, 9.17) is 5.73 Å². The highest BCUT2D eigenvalue weighted by Gasteiger charge is 2.10. The molecule has 2 rings (SSSR count). The second-order valence-corrected chi connectivity index (χ2v) is 5.48. The van der Waals surface area contributed by atoms with Crippen molar-refractivity contribution in [3.8, 4) is 0 Å². The number of nitrogens with two attached hydrogens (primary N) is 1. The van der Waals surface area contributed by atoms with E-state index in [9.17, 15) is 0 Å². The zero-order valence-electron chi connectivity index (χ0n) is 10.7. The Morgan fingerprint density at radius 1 is 1.11 bits per heavy atom. The van der Waals surface area contributed by atoms with Gasteiger partial charge in [-0.1, -0.05) is 34.1 Å². The number of rotatable bonds is 3. The summed E-state index contributed by atoms with van der Waals surface area (Å²) in [5.74, 6) is 0. The van der Waals surface area contributed by atoms with Gasteiger partial charge in [0, 0.05) is 21.9 Å². The fourth-order valence-electron chi connectivity index (χ4n) is 2.07. The lowest BCUT2D eigenvalue weighted by Gasteiger charge is -2.14. The van der Waals surface area contributed by atoms with Gasteiger partial charge in [0.1, 0.15) is 0 Å². The summed E-state index contributed by atoms with van der Waals surface area (Å²) in [4.78, 5) is 4.46. The predicted molar refractivity (Wildman–Crippen MR) is 78.5 cm³/mol. The zero-order valence-corrected chi connectivity index (χ0v) is 12.2. The van der Waals surface area contributed by atoms with E-state index < -0.39 is 0 Å². The second kappa shape index (κ2) is 5.63. The van der Waals surface area contributed by atoms with E-state index in [-0.39, 0.29) is 6.04 Å². The molecular weight excluding hydrogens is 288 g/mol. The lowest BCUT2D eigenvalue weighted by molar-refractivity contribution is 0.709. The molecule has 0 spiro atoms. The van der Waals surface area contributed by atoms with E-state index in [0.29, 0.717) is 0 Å². The summed E-state index contributed by atoms with van der Waals surface area (Å²) in [6.07, 6.45) is 0.832.